The lowest BCUT2D eigenvalue weighted by Gasteiger charge is -2.19. The number of nitrogens with zero attached hydrogens (tertiary/aromatic N) is 2. The van der Waals surface area contributed by atoms with E-state index in [4.69, 9.17) is 0 Å². The molecule has 21 heavy (non-hydrogen) atoms. The van der Waals surface area contributed by atoms with Crippen molar-refractivity contribution in [1.29, 1.82) is 0 Å². The molecule has 0 unspecified atom stereocenters. The second kappa shape index (κ2) is 6.54. The van der Waals surface area contributed by atoms with Gasteiger partial charge in [-0.15, -0.1) is 11.3 Å². The van der Waals surface area contributed by atoms with Gasteiger partial charge in [0.25, 0.3) is 0 Å². The third-order valence-electron chi connectivity index (χ3n) is 3.03. The molecule has 1 heterocycles. The zero-order valence-electron chi connectivity index (χ0n) is 13.0. The van der Waals surface area contributed by atoms with Gasteiger partial charge in [-0.05, 0) is 26.8 Å². The highest BCUT2D eigenvalue weighted by Gasteiger charge is 2.12. The fourth-order valence-electron chi connectivity index (χ4n) is 1.86. The van der Waals surface area contributed by atoms with E-state index in [2.05, 4.69) is 31.1 Å². The Hall–Kier alpha value is -1.46. The molecule has 0 aliphatic heterocycles. The molecule has 0 radical (unpaired) electrons. The molecule has 1 aromatic heterocycles. The zero-order valence-corrected chi connectivity index (χ0v) is 13.8. The topological polar surface area (TPSA) is 28.2 Å². The van der Waals surface area contributed by atoms with Gasteiger partial charge in [-0.1, -0.05) is 18.2 Å². The van der Waals surface area contributed by atoms with Crippen molar-refractivity contribution in [2.24, 2.45) is 0 Å². The van der Waals surface area contributed by atoms with Crippen LogP contribution in [0, 0.1) is 5.82 Å². The maximum Gasteiger partial charge on any atom is 0.185 e. The van der Waals surface area contributed by atoms with Crippen LogP contribution in [0.1, 0.15) is 31.2 Å². The Morgan fingerprint density at radius 3 is 2.67 bits per heavy atom. The Balaban J connectivity index is 1.99. The van der Waals surface area contributed by atoms with Gasteiger partial charge in [-0.3, -0.25) is 0 Å². The molecule has 0 spiro atoms. The van der Waals surface area contributed by atoms with Crippen LogP contribution < -0.4 is 10.2 Å². The van der Waals surface area contributed by atoms with Crippen LogP contribution >= 0.6 is 11.3 Å². The fraction of sp³-hybridized carbons (Fsp3) is 0.438. The first-order chi connectivity index (χ1) is 9.85. The van der Waals surface area contributed by atoms with Crippen LogP contribution in [0.3, 0.4) is 0 Å². The first kappa shape index (κ1) is 15.9. The summed E-state index contributed by atoms with van der Waals surface area (Å²) >= 11 is 1.64. The minimum Gasteiger partial charge on any atom is -0.347 e. The first-order valence-corrected chi connectivity index (χ1v) is 7.81. The van der Waals surface area contributed by atoms with Crippen molar-refractivity contribution in [3.8, 4) is 0 Å². The highest BCUT2D eigenvalue weighted by atomic mass is 32.1. The lowest BCUT2D eigenvalue weighted by atomic mass is 10.1. The summed E-state index contributed by atoms with van der Waals surface area (Å²) in [6, 6.07) is 6.86. The normalized spacial score (nSPS) is 11.7. The van der Waals surface area contributed by atoms with Crippen LogP contribution in [-0.2, 0) is 13.1 Å². The third kappa shape index (κ3) is 4.79. The molecular weight excluding hydrogens is 285 g/mol. The van der Waals surface area contributed by atoms with Crippen LogP contribution in [0.15, 0.2) is 30.5 Å². The van der Waals surface area contributed by atoms with E-state index in [0.717, 1.165) is 11.7 Å². The standard InChI is InChI=1S/C16H22FN3S/c1-16(2,3)19-10-13-9-18-15(21-13)20(4)11-12-7-5-6-8-14(12)17/h5-9,19H,10-11H2,1-4H3. The summed E-state index contributed by atoms with van der Waals surface area (Å²) in [7, 11) is 1.94. The zero-order chi connectivity index (χ0) is 15.5. The summed E-state index contributed by atoms with van der Waals surface area (Å²) in [4.78, 5) is 7.58. The number of halogens is 1. The average molecular weight is 307 g/mol. The molecule has 3 nitrogen and oxygen atoms in total. The van der Waals surface area contributed by atoms with Gasteiger partial charge < -0.3 is 10.2 Å². The number of hydrogen-bond donors (Lipinski definition) is 1. The molecule has 0 atom stereocenters. The minimum absolute atomic E-state index is 0.0865. The molecule has 1 N–H and O–H groups in total. The smallest absolute Gasteiger partial charge is 0.185 e. The van der Waals surface area contributed by atoms with Crippen molar-refractivity contribution in [2.75, 3.05) is 11.9 Å². The Morgan fingerprint density at radius 2 is 2.00 bits per heavy atom. The third-order valence-corrected chi connectivity index (χ3v) is 4.14. The van der Waals surface area contributed by atoms with Crippen molar-refractivity contribution in [1.82, 2.24) is 10.3 Å². The van der Waals surface area contributed by atoms with E-state index in [0.29, 0.717) is 12.1 Å². The molecule has 0 aliphatic rings. The van der Waals surface area contributed by atoms with E-state index < -0.39 is 0 Å². The van der Waals surface area contributed by atoms with E-state index in [-0.39, 0.29) is 11.4 Å². The summed E-state index contributed by atoms with van der Waals surface area (Å²) in [6.45, 7) is 7.73. The number of anilines is 1. The maximum atomic E-state index is 13.7. The van der Waals surface area contributed by atoms with Gasteiger partial charge in [0, 0.05) is 42.3 Å². The van der Waals surface area contributed by atoms with Crippen molar-refractivity contribution in [3.63, 3.8) is 0 Å². The van der Waals surface area contributed by atoms with Gasteiger partial charge in [-0.25, -0.2) is 9.37 Å². The number of aromatic nitrogens is 1. The molecule has 0 bridgehead atoms. The Kier molecular flexibility index (Phi) is 4.96. The second-order valence-electron chi connectivity index (χ2n) is 6.16. The predicted molar refractivity (Wildman–Crippen MR) is 87.2 cm³/mol. The number of benzene rings is 1. The van der Waals surface area contributed by atoms with Gasteiger partial charge in [0.2, 0.25) is 0 Å². The van der Waals surface area contributed by atoms with Crippen molar-refractivity contribution >= 4 is 16.5 Å². The molecule has 0 amide bonds. The van der Waals surface area contributed by atoms with E-state index in [1.807, 2.05) is 30.3 Å². The van der Waals surface area contributed by atoms with Crippen molar-refractivity contribution < 1.29 is 4.39 Å². The maximum absolute atomic E-state index is 13.7. The van der Waals surface area contributed by atoms with E-state index >= 15 is 0 Å². The van der Waals surface area contributed by atoms with Crippen LogP contribution in [0.2, 0.25) is 0 Å². The SMILES string of the molecule is CN(Cc1ccccc1F)c1ncc(CNC(C)(C)C)s1. The summed E-state index contributed by atoms with van der Waals surface area (Å²) < 4.78 is 13.7. The van der Waals surface area contributed by atoms with Crippen LogP contribution in [0.25, 0.3) is 0 Å². The van der Waals surface area contributed by atoms with Crippen molar-refractivity contribution in [2.45, 2.75) is 39.4 Å². The molecule has 0 saturated carbocycles. The summed E-state index contributed by atoms with van der Waals surface area (Å²) in [5.74, 6) is -0.171. The molecule has 1 aromatic carbocycles. The molecule has 2 rings (SSSR count). The van der Waals surface area contributed by atoms with Gasteiger partial charge in [0.05, 0.1) is 0 Å². The monoisotopic (exact) mass is 307 g/mol. The summed E-state index contributed by atoms with van der Waals surface area (Å²) in [5.41, 5.74) is 0.771. The van der Waals surface area contributed by atoms with Crippen LogP contribution in [-0.4, -0.2) is 17.6 Å². The van der Waals surface area contributed by atoms with E-state index in [9.17, 15) is 4.39 Å². The molecule has 0 fully saturated rings. The Bertz CT molecular complexity index is 589. The lowest BCUT2D eigenvalue weighted by molar-refractivity contribution is 0.426. The number of hydrogen-bond acceptors (Lipinski definition) is 4. The van der Waals surface area contributed by atoms with E-state index in [1.165, 1.54) is 10.9 Å². The molecular formula is C16H22FN3S. The van der Waals surface area contributed by atoms with Gasteiger partial charge in [0.1, 0.15) is 5.82 Å². The molecule has 0 aliphatic carbocycles. The van der Waals surface area contributed by atoms with Gasteiger partial charge in [0.15, 0.2) is 5.13 Å². The van der Waals surface area contributed by atoms with Gasteiger partial charge >= 0.3 is 0 Å². The van der Waals surface area contributed by atoms with Crippen molar-refractivity contribution in [3.05, 3.63) is 46.7 Å². The summed E-state index contributed by atoms with van der Waals surface area (Å²) in [6.07, 6.45) is 1.89. The number of thiazole rings is 1. The summed E-state index contributed by atoms with van der Waals surface area (Å²) in [5, 5.41) is 4.35. The number of nitrogens with one attached hydrogen (secondary N) is 1. The predicted octanol–water partition coefficient (Wildman–Crippen LogP) is 3.81. The molecule has 5 heteroatoms. The molecule has 114 valence electrons. The first-order valence-electron chi connectivity index (χ1n) is 6.99. The Labute approximate surface area is 129 Å². The van der Waals surface area contributed by atoms with Crippen LogP contribution in [0.5, 0.6) is 0 Å². The quantitative estimate of drug-likeness (QED) is 0.910. The average Bonchev–Trinajstić information content (AvgIpc) is 2.87. The van der Waals surface area contributed by atoms with E-state index in [1.54, 1.807) is 17.4 Å². The van der Waals surface area contributed by atoms with Gasteiger partial charge in [-0.2, -0.15) is 0 Å². The number of rotatable bonds is 5. The lowest BCUT2D eigenvalue weighted by Crippen LogP contribution is -2.34. The minimum atomic E-state index is -0.171. The highest BCUT2D eigenvalue weighted by Crippen LogP contribution is 2.23. The molecule has 0 saturated heterocycles. The fourth-order valence-corrected chi connectivity index (χ4v) is 2.67. The largest absolute Gasteiger partial charge is 0.347 e. The van der Waals surface area contributed by atoms with Crippen LogP contribution in [0.4, 0.5) is 9.52 Å². The highest BCUT2D eigenvalue weighted by molar-refractivity contribution is 7.15. The Morgan fingerprint density at radius 1 is 1.29 bits per heavy atom. The second-order valence-corrected chi connectivity index (χ2v) is 7.25. The molecule has 2 aromatic rings.